The van der Waals surface area contributed by atoms with Crippen LogP contribution in [0.3, 0.4) is 0 Å². The van der Waals surface area contributed by atoms with Gasteiger partial charge in [0, 0.05) is 5.41 Å². The van der Waals surface area contributed by atoms with Crippen molar-refractivity contribution in [3.63, 3.8) is 0 Å². The summed E-state index contributed by atoms with van der Waals surface area (Å²) >= 11 is 0. The first-order valence-electron chi connectivity index (χ1n) is 7.64. The third kappa shape index (κ3) is 2.55. The molecule has 2 aromatic rings. The lowest BCUT2D eigenvalue weighted by atomic mass is 9.78. The van der Waals surface area contributed by atoms with Crippen molar-refractivity contribution < 1.29 is 14.3 Å². The van der Waals surface area contributed by atoms with E-state index in [1.807, 2.05) is 0 Å². The van der Waals surface area contributed by atoms with Gasteiger partial charge in [-0.2, -0.15) is 0 Å². The van der Waals surface area contributed by atoms with Crippen LogP contribution in [-0.4, -0.2) is 16.1 Å². The van der Waals surface area contributed by atoms with Gasteiger partial charge in [0.05, 0.1) is 5.56 Å². The summed E-state index contributed by atoms with van der Waals surface area (Å²) in [4.78, 5) is 15.7. The van der Waals surface area contributed by atoms with Gasteiger partial charge in [-0.15, -0.1) is 0 Å². The zero-order valence-electron chi connectivity index (χ0n) is 12.6. The Hall–Kier alpha value is -1.84. The molecule has 1 heterocycles. The van der Waals surface area contributed by atoms with E-state index in [-0.39, 0.29) is 11.0 Å². The number of hydrogen-bond donors (Lipinski definition) is 1. The minimum atomic E-state index is -0.931. The number of aromatic nitrogens is 1. The Kier molecular flexibility index (Phi) is 3.47. The number of nitrogens with zero attached hydrogens (tertiary/aromatic N) is 1. The first kappa shape index (κ1) is 14.1. The summed E-state index contributed by atoms with van der Waals surface area (Å²) in [5.41, 5.74) is 1.63. The van der Waals surface area contributed by atoms with Gasteiger partial charge < -0.3 is 9.52 Å². The fourth-order valence-electron chi connectivity index (χ4n) is 3.63. The molecule has 21 heavy (non-hydrogen) atoms. The third-order valence-electron chi connectivity index (χ3n) is 4.45. The molecule has 4 heteroatoms. The van der Waals surface area contributed by atoms with Gasteiger partial charge in [-0.05, 0) is 43.4 Å². The van der Waals surface area contributed by atoms with Gasteiger partial charge in [0.25, 0.3) is 0 Å². The summed E-state index contributed by atoms with van der Waals surface area (Å²) in [7, 11) is 0. The highest BCUT2D eigenvalue weighted by Gasteiger charge is 2.40. The van der Waals surface area contributed by atoms with Crippen molar-refractivity contribution in [2.75, 3.05) is 0 Å². The lowest BCUT2D eigenvalue weighted by Gasteiger charge is -2.27. The van der Waals surface area contributed by atoms with Crippen molar-refractivity contribution in [1.82, 2.24) is 4.98 Å². The van der Waals surface area contributed by atoms with E-state index in [0.717, 1.165) is 25.2 Å². The average molecular weight is 287 g/mol. The lowest BCUT2D eigenvalue weighted by molar-refractivity contribution is 0.0697. The second-order valence-corrected chi connectivity index (χ2v) is 6.59. The summed E-state index contributed by atoms with van der Waals surface area (Å²) in [6.07, 6.45) is 5.73. The van der Waals surface area contributed by atoms with Crippen molar-refractivity contribution in [2.45, 2.75) is 51.4 Å². The monoisotopic (exact) mass is 287 g/mol. The Morgan fingerprint density at radius 1 is 1.38 bits per heavy atom. The van der Waals surface area contributed by atoms with E-state index in [9.17, 15) is 4.79 Å². The number of aromatic carboxylic acids is 1. The summed E-state index contributed by atoms with van der Waals surface area (Å²) in [5.74, 6) is 0.457. The summed E-state index contributed by atoms with van der Waals surface area (Å²) in [6.45, 7) is 4.45. The molecule has 0 unspecified atom stereocenters. The Morgan fingerprint density at radius 3 is 2.71 bits per heavy atom. The zero-order valence-corrected chi connectivity index (χ0v) is 12.6. The van der Waals surface area contributed by atoms with Crippen LogP contribution in [0.4, 0.5) is 0 Å². The molecule has 112 valence electrons. The van der Waals surface area contributed by atoms with E-state index in [1.165, 1.54) is 12.8 Å². The first-order chi connectivity index (χ1) is 10.00. The summed E-state index contributed by atoms with van der Waals surface area (Å²) in [5, 5.41) is 9.07. The van der Waals surface area contributed by atoms with Crippen LogP contribution in [0, 0.1) is 5.92 Å². The molecule has 0 atom stereocenters. The molecule has 1 aliphatic rings. The minimum Gasteiger partial charge on any atom is -0.478 e. The van der Waals surface area contributed by atoms with Crippen LogP contribution in [0.1, 0.15) is 62.2 Å². The van der Waals surface area contributed by atoms with Gasteiger partial charge in [-0.1, -0.05) is 26.7 Å². The number of oxazole rings is 1. The van der Waals surface area contributed by atoms with Crippen molar-refractivity contribution in [3.05, 3.63) is 29.7 Å². The van der Waals surface area contributed by atoms with Crippen LogP contribution in [0.5, 0.6) is 0 Å². The van der Waals surface area contributed by atoms with Crippen LogP contribution >= 0.6 is 0 Å². The molecule has 0 aliphatic heterocycles. The molecular formula is C17H21NO3. The summed E-state index contributed by atoms with van der Waals surface area (Å²) < 4.78 is 5.99. The van der Waals surface area contributed by atoms with Crippen molar-refractivity contribution in [2.24, 2.45) is 5.92 Å². The van der Waals surface area contributed by atoms with Gasteiger partial charge in [-0.25, -0.2) is 9.78 Å². The van der Waals surface area contributed by atoms with Crippen molar-refractivity contribution in [3.8, 4) is 0 Å². The van der Waals surface area contributed by atoms with E-state index >= 15 is 0 Å². The molecule has 0 saturated heterocycles. The van der Waals surface area contributed by atoms with E-state index in [4.69, 9.17) is 9.52 Å². The zero-order chi connectivity index (χ0) is 15.0. The van der Waals surface area contributed by atoms with E-state index < -0.39 is 5.97 Å². The standard InChI is InChI=1S/C17H21NO3/c1-11(2)10-17(7-3-4-8-17)16-18-13-9-12(15(19)20)5-6-14(13)21-16/h5-6,9,11H,3-4,7-8,10H2,1-2H3,(H,19,20). The first-order valence-corrected chi connectivity index (χ1v) is 7.64. The highest BCUT2D eigenvalue weighted by molar-refractivity contribution is 5.91. The van der Waals surface area contributed by atoms with E-state index in [2.05, 4.69) is 18.8 Å². The number of carboxylic acids is 1. The predicted molar refractivity (Wildman–Crippen MR) is 80.6 cm³/mol. The normalized spacial score (nSPS) is 17.7. The van der Waals surface area contributed by atoms with Gasteiger partial charge in [0.1, 0.15) is 5.52 Å². The Balaban J connectivity index is 2.04. The number of carboxylic acid groups (broad SMARTS) is 1. The van der Waals surface area contributed by atoms with E-state index in [0.29, 0.717) is 17.0 Å². The molecule has 0 spiro atoms. The van der Waals surface area contributed by atoms with Crippen LogP contribution in [0.25, 0.3) is 11.1 Å². The number of carbonyl (C=O) groups is 1. The molecular weight excluding hydrogens is 266 g/mol. The second kappa shape index (κ2) is 5.17. The molecule has 4 nitrogen and oxygen atoms in total. The second-order valence-electron chi connectivity index (χ2n) is 6.59. The molecule has 1 saturated carbocycles. The lowest BCUT2D eigenvalue weighted by Crippen LogP contribution is -2.24. The maximum absolute atomic E-state index is 11.1. The fraction of sp³-hybridized carbons (Fsp3) is 0.529. The third-order valence-corrected chi connectivity index (χ3v) is 4.45. The molecule has 0 amide bonds. The Bertz CT molecular complexity index is 666. The van der Waals surface area contributed by atoms with Crippen LogP contribution in [-0.2, 0) is 5.41 Å². The van der Waals surface area contributed by atoms with Crippen molar-refractivity contribution in [1.29, 1.82) is 0 Å². The van der Waals surface area contributed by atoms with Gasteiger partial charge in [0.15, 0.2) is 5.58 Å². The molecule has 0 radical (unpaired) electrons. The molecule has 1 N–H and O–H groups in total. The fourth-order valence-corrected chi connectivity index (χ4v) is 3.63. The molecule has 1 aromatic heterocycles. The van der Waals surface area contributed by atoms with E-state index in [1.54, 1.807) is 18.2 Å². The molecule has 0 bridgehead atoms. The smallest absolute Gasteiger partial charge is 0.335 e. The molecule has 1 aliphatic carbocycles. The van der Waals surface area contributed by atoms with Gasteiger partial charge in [-0.3, -0.25) is 0 Å². The molecule has 3 rings (SSSR count). The maximum atomic E-state index is 11.1. The number of fused-ring (bicyclic) bond motifs is 1. The van der Waals surface area contributed by atoms with Crippen molar-refractivity contribution >= 4 is 17.1 Å². The number of rotatable bonds is 4. The number of hydrogen-bond acceptors (Lipinski definition) is 3. The van der Waals surface area contributed by atoms with Crippen LogP contribution in [0.15, 0.2) is 22.6 Å². The Morgan fingerprint density at radius 2 is 2.10 bits per heavy atom. The minimum absolute atomic E-state index is 0.0383. The maximum Gasteiger partial charge on any atom is 0.335 e. The predicted octanol–water partition coefficient (Wildman–Crippen LogP) is 4.38. The topological polar surface area (TPSA) is 63.3 Å². The molecule has 1 aromatic carbocycles. The van der Waals surface area contributed by atoms with Gasteiger partial charge in [0.2, 0.25) is 5.89 Å². The number of benzene rings is 1. The van der Waals surface area contributed by atoms with Crippen LogP contribution in [0.2, 0.25) is 0 Å². The summed E-state index contributed by atoms with van der Waals surface area (Å²) in [6, 6.07) is 4.89. The highest BCUT2D eigenvalue weighted by atomic mass is 16.4. The molecule has 1 fully saturated rings. The van der Waals surface area contributed by atoms with Crippen LogP contribution < -0.4 is 0 Å². The van der Waals surface area contributed by atoms with Gasteiger partial charge >= 0.3 is 5.97 Å². The SMILES string of the molecule is CC(C)CC1(c2nc3cc(C(=O)O)ccc3o2)CCCC1. The largest absolute Gasteiger partial charge is 0.478 e. The average Bonchev–Trinajstić information content (AvgIpc) is 3.03. The quantitative estimate of drug-likeness (QED) is 0.906. The Labute approximate surface area is 124 Å². The highest BCUT2D eigenvalue weighted by Crippen LogP contribution is 2.45.